The first-order valence-electron chi connectivity index (χ1n) is 4.78. The minimum absolute atomic E-state index is 0.0850. The third-order valence-corrected chi connectivity index (χ3v) is 3.31. The Hall–Kier alpha value is -1.31. The number of hydrogen-bond acceptors (Lipinski definition) is 3. The normalized spacial score (nSPS) is 13.4. The Balaban J connectivity index is 2.68. The second-order valence-electron chi connectivity index (χ2n) is 3.24. The number of amides is 2. The average molecular weight is 292 g/mol. The van der Waals surface area contributed by atoms with Crippen LogP contribution < -0.4 is 11.5 Å². The number of nitrogens with zero attached hydrogens (tertiary/aromatic N) is 1. The molecule has 0 saturated carbocycles. The van der Waals surface area contributed by atoms with Crippen LogP contribution in [0.2, 0.25) is 5.02 Å². The van der Waals surface area contributed by atoms with Crippen LogP contribution in [0.5, 0.6) is 0 Å². The van der Waals surface area contributed by atoms with Crippen molar-refractivity contribution in [2.45, 2.75) is 11.2 Å². The van der Waals surface area contributed by atoms with Crippen molar-refractivity contribution in [1.29, 1.82) is 0 Å². The van der Waals surface area contributed by atoms with Crippen molar-refractivity contribution in [3.05, 3.63) is 34.6 Å². The number of aliphatic imine (C=N–C) groups is 1. The molecule has 1 aromatic rings. The van der Waals surface area contributed by atoms with Crippen LogP contribution in [0.25, 0.3) is 0 Å². The number of carbonyl (C=O) groups is 1. The number of primary amides is 1. The van der Waals surface area contributed by atoms with Crippen molar-refractivity contribution in [3.8, 4) is 0 Å². The predicted octanol–water partition coefficient (Wildman–Crippen LogP) is 1.47. The fourth-order valence-electron chi connectivity index (χ4n) is 1.10. The van der Waals surface area contributed by atoms with Gasteiger partial charge in [0, 0.05) is 16.3 Å². The van der Waals surface area contributed by atoms with E-state index in [4.69, 9.17) is 23.1 Å². The number of amidine groups is 1. The van der Waals surface area contributed by atoms with Gasteiger partial charge in [-0.1, -0.05) is 17.7 Å². The van der Waals surface area contributed by atoms with Crippen LogP contribution in [0.1, 0.15) is 5.56 Å². The van der Waals surface area contributed by atoms with Crippen molar-refractivity contribution in [1.82, 2.24) is 0 Å². The van der Waals surface area contributed by atoms with Crippen molar-refractivity contribution in [2.75, 3.05) is 0 Å². The number of aliphatic hydroxyl groups is 1. The van der Waals surface area contributed by atoms with E-state index in [1.165, 1.54) is 18.2 Å². The molecular weight excluding hydrogens is 281 g/mol. The molecule has 98 valence electrons. The summed E-state index contributed by atoms with van der Waals surface area (Å²) in [7, 11) is 0. The molecule has 5 N–H and O–H groups in total. The monoisotopic (exact) mass is 291 g/mol. The molecule has 1 atom stereocenters. The van der Waals surface area contributed by atoms with Crippen LogP contribution in [0, 0.1) is 5.82 Å². The van der Waals surface area contributed by atoms with Crippen molar-refractivity contribution >= 4 is 35.2 Å². The van der Waals surface area contributed by atoms with Gasteiger partial charge in [-0.25, -0.2) is 9.18 Å². The fraction of sp³-hybridized carbons (Fsp3) is 0.200. The zero-order valence-electron chi connectivity index (χ0n) is 9.14. The van der Waals surface area contributed by atoms with E-state index in [-0.39, 0.29) is 22.2 Å². The second kappa shape index (κ2) is 6.58. The van der Waals surface area contributed by atoms with Crippen LogP contribution in [-0.4, -0.2) is 22.4 Å². The summed E-state index contributed by atoms with van der Waals surface area (Å²) >= 11 is 6.68. The Morgan fingerprint density at radius 3 is 2.78 bits per heavy atom. The highest BCUT2D eigenvalue weighted by molar-refractivity contribution is 7.99. The highest BCUT2D eigenvalue weighted by atomic mass is 35.5. The van der Waals surface area contributed by atoms with Gasteiger partial charge in [0.05, 0.1) is 0 Å². The highest BCUT2D eigenvalue weighted by Crippen LogP contribution is 2.25. The molecular formula is C10H11ClFN3O2S. The first-order chi connectivity index (χ1) is 8.41. The average Bonchev–Trinajstić information content (AvgIpc) is 2.27. The molecule has 0 fully saturated rings. The highest BCUT2D eigenvalue weighted by Gasteiger charge is 2.14. The largest absolute Gasteiger partial charge is 0.384 e. The number of rotatable bonds is 4. The number of benzene rings is 1. The second-order valence-corrected chi connectivity index (χ2v) is 4.71. The van der Waals surface area contributed by atoms with E-state index in [2.05, 4.69) is 4.99 Å². The molecule has 0 spiro atoms. The zero-order valence-corrected chi connectivity index (χ0v) is 10.7. The smallest absolute Gasteiger partial charge is 0.340 e. The molecule has 0 heterocycles. The minimum Gasteiger partial charge on any atom is -0.384 e. The van der Waals surface area contributed by atoms with Crippen molar-refractivity contribution in [2.24, 2.45) is 16.5 Å². The van der Waals surface area contributed by atoms with Crippen LogP contribution in [0.4, 0.5) is 9.18 Å². The van der Waals surface area contributed by atoms with Gasteiger partial charge in [0.15, 0.2) is 5.44 Å². The number of aliphatic hydroxyl groups excluding tert-OH is 1. The van der Waals surface area contributed by atoms with Crippen molar-refractivity contribution < 1.29 is 14.3 Å². The maximum Gasteiger partial charge on any atom is 0.340 e. The van der Waals surface area contributed by atoms with E-state index in [0.717, 1.165) is 11.8 Å². The van der Waals surface area contributed by atoms with Crippen LogP contribution in [-0.2, 0) is 5.75 Å². The summed E-state index contributed by atoms with van der Waals surface area (Å²) in [4.78, 5) is 13.6. The number of hydrogen-bond donors (Lipinski definition) is 3. The lowest BCUT2D eigenvalue weighted by atomic mass is 10.2. The van der Waals surface area contributed by atoms with E-state index in [1.54, 1.807) is 0 Å². The molecule has 8 heteroatoms. The van der Waals surface area contributed by atoms with E-state index >= 15 is 0 Å². The molecule has 0 bridgehead atoms. The molecule has 18 heavy (non-hydrogen) atoms. The SMILES string of the molecule is NC(=O)/N=C(/N)C(O)SCc1c(F)cccc1Cl. The summed E-state index contributed by atoms with van der Waals surface area (Å²) < 4.78 is 13.4. The molecule has 0 radical (unpaired) electrons. The number of thioether (sulfide) groups is 1. The molecule has 0 aliphatic rings. The lowest BCUT2D eigenvalue weighted by Gasteiger charge is -2.10. The van der Waals surface area contributed by atoms with E-state index in [0.29, 0.717) is 0 Å². The summed E-state index contributed by atoms with van der Waals surface area (Å²) in [6.07, 6.45) is 0. The van der Waals surface area contributed by atoms with Gasteiger partial charge in [-0.05, 0) is 12.1 Å². The molecule has 1 unspecified atom stereocenters. The minimum atomic E-state index is -1.26. The molecule has 5 nitrogen and oxygen atoms in total. The number of nitrogens with two attached hydrogens (primary N) is 2. The summed E-state index contributed by atoms with van der Waals surface area (Å²) in [5.41, 5.74) is 9.08. The van der Waals surface area contributed by atoms with Gasteiger partial charge in [0.25, 0.3) is 0 Å². The topological polar surface area (TPSA) is 102 Å². The van der Waals surface area contributed by atoms with Crippen LogP contribution >= 0.6 is 23.4 Å². The molecule has 1 rings (SSSR count). The summed E-state index contributed by atoms with van der Waals surface area (Å²) in [6, 6.07) is 3.27. The predicted molar refractivity (Wildman–Crippen MR) is 69.9 cm³/mol. The van der Waals surface area contributed by atoms with E-state index < -0.39 is 17.3 Å². The summed E-state index contributed by atoms with van der Waals surface area (Å²) in [6.45, 7) is 0. The van der Waals surface area contributed by atoms with Gasteiger partial charge in [-0.2, -0.15) is 4.99 Å². The Morgan fingerprint density at radius 2 is 2.22 bits per heavy atom. The maximum atomic E-state index is 13.4. The summed E-state index contributed by atoms with van der Waals surface area (Å²) in [5, 5.41) is 9.79. The molecule has 0 saturated heterocycles. The van der Waals surface area contributed by atoms with Crippen LogP contribution in [0.15, 0.2) is 23.2 Å². The Kier molecular flexibility index (Phi) is 5.39. The Bertz CT molecular complexity index is 464. The molecule has 0 aliphatic carbocycles. The first kappa shape index (κ1) is 14.7. The molecule has 2 amide bonds. The quantitative estimate of drug-likeness (QED) is 0.444. The van der Waals surface area contributed by atoms with E-state index in [9.17, 15) is 14.3 Å². The Morgan fingerprint density at radius 1 is 1.56 bits per heavy atom. The maximum absolute atomic E-state index is 13.4. The number of halogens is 2. The lowest BCUT2D eigenvalue weighted by molar-refractivity contribution is 0.256. The molecule has 0 aromatic heterocycles. The first-order valence-corrected chi connectivity index (χ1v) is 6.20. The third-order valence-electron chi connectivity index (χ3n) is 1.94. The van der Waals surface area contributed by atoms with E-state index in [1.807, 2.05) is 0 Å². The van der Waals surface area contributed by atoms with Crippen LogP contribution in [0.3, 0.4) is 0 Å². The number of carbonyl (C=O) groups excluding carboxylic acids is 1. The van der Waals surface area contributed by atoms with Gasteiger partial charge >= 0.3 is 6.03 Å². The van der Waals surface area contributed by atoms with Gasteiger partial charge in [0.1, 0.15) is 11.7 Å². The van der Waals surface area contributed by atoms with Gasteiger partial charge in [-0.15, -0.1) is 11.8 Å². The van der Waals surface area contributed by atoms with Crippen molar-refractivity contribution in [3.63, 3.8) is 0 Å². The van der Waals surface area contributed by atoms with Gasteiger partial charge in [0.2, 0.25) is 0 Å². The summed E-state index contributed by atoms with van der Waals surface area (Å²) in [5.74, 6) is -0.727. The zero-order chi connectivity index (χ0) is 13.7. The van der Waals surface area contributed by atoms with Gasteiger partial charge < -0.3 is 16.6 Å². The lowest BCUT2D eigenvalue weighted by Crippen LogP contribution is -2.28. The van der Waals surface area contributed by atoms with Gasteiger partial charge in [-0.3, -0.25) is 0 Å². The molecule has 1 aromatic carbocycles. The standard InChI is InChI=1S/C10H11ClFN3O2S/c11-6-2-1-3-7(12)5(6)4-18-9(16)8(13)15-10(14)17/h1-3,9,16H,4H2,(H4,13,14,15,17). The number of urea groups is 1. The Labute approximate surface area is 112 Å². The molecule has 0 aliphatic heterocycles. The third kappa shape index (κ3) is 4.17. The fourth-order valence-corrected chi connectivity index (χ4v) is 2.25.